The van der Waals surface area contributed by atoms with Crippen LogP contribution in [0.2, 0.25) is 0 Å². The molecule has 14 nitrogen and oxygen atoms in total. The first-order valence-corrected chi connectivity index (χ1v) is 23.4. The fourth-order valence-corrected chi connectivity index (χ4v) is 11.9. The van der Waals surface area contributed by atoms with E-state index in [1.165, 1.54) is 4.57 Å². The minimum atomic E-state index is -4.21. The maximum absolute atomic E-state index is 15.5. The standard InChI is InChI=1S/C50H58N5O9P/c1-33(2)55(34(3)4)65(58,62-29-15-28-51)64-44-43-35(5)30-49(44,63-47(43)54-31-36(6)45(53-48(54)57)52-46(56)37-16-11-9-12-17-37)32-61-50(38-18-13-10-14-19-38,39-20-24-41(59-7)25-21-39)40-22-26-42(60-8)27-23-40/h9-14,16-27,31,33-35,43-44,47H,15,29-30,32H2,1-8H3,(H,52,53,56,57)/t35?,43-,44+,47-,49-,65?/m1/s1. The van der Waals surface area contributed by atoms with Gasteiger partial charge in [0, 0.05) is 35.3 Å². The van der Waals surface area contributed by atoms with Crippen LogP contribution in [0.3, 0.4) is 0 Å². The van der Waals surface area contributed by atoms with Gasteiger partial charge in [-0.15, -0.1) is 0 Å². The third kappa shape index (κ3) is 9.41. The zero-order valence-corrected chi connectivity index (χ0v) is 39.1. The molecule has 4 aromatic carbocycles. The normalized spacial score (nSPS) is 21.3. The van der Waals surface area contributed by atoms with E-state index >= 15 is 4.57 Å². The highest BCUT2D eigenvalue weighted by atomic mass is 31.2. The number of ether oxygens (including phenoxy) is 4. The molecular weight excluding hydrogens is 846 g/mol. The molecule has 1 N–H and O–H groups in total. The number of aryl methyl sites for hydroxylation is 1. The van der Waals surface area contributed by atoms with E-state index in [4.69, 9.17) is 28.0 Å². The topological polar surface area (TPSA) is 163 Å². The molecule has 6 atom stereocenters. The van der Waals surface area contributed by atoms with Gasteiger partial charge in [-0.05, 0) is 100 Å². The summed E-state index contributed by atoms with van der Waals surface area (Å²) in [6, 6.07) is 35.4. The van der Waals surface area contributed by atoms with Crippen LogP contribution in [-0.4, -0.2) is 71.4 Å². The Morgan fingerprint density at radius 3 is 2.02 bits per heavy atom. The Morgan fingerprint density at radius 2 is 1.48 bits per heavy atom. The smallest absolute Gasteiger partial charge is 0.409 e. The number of fused-ring (bicyclic) bond motifs is 2. The summed E-state index contributed by atoms with van der Waals surface area (Å²) >= 11 is 0. The van der Waals surface area contributed by atoms with Crippen molar-refractivity contribution in [3.05, 3.63) is 154 Å². The lowest BCUT2D eigenvalue weighted by Gasteiger charge is -2.42. The van der Waals surface area contributed by atoms with Gasteiger partial charge in [-0.25, -0.2) is 14.0 Å². The minimum Gasteiger partial charge on any atom is -0.497 e. The summed E-state index contributed by atoms with van der Waals surface area (Å²) in [5.74, 6) is 0.311. The number of anilines is 1. The Labute approximate surface area is 381 Å². The Kier molecular flexibility index (Phi) is 14.4. The van der Waals surface area contributed by atoms with Crippen molar-refractivity contribution in [2.75, 3.05) is 32.8 Å². The van der Waals surface area contributed by atoms with Crippen LogP contribution in [0.25, 0.3) is 0 Å². The summed E-state index contributed by atoms with van der Waals surface area (Å²) in [7, 11) is -0.977. The highest BCUT2D eigenvalue weighted by molar-refractivity contribution is 7.51. The second kappa shape index (κ2) is 19.8. The van der Waals surface area contributed by atoms with E-state index in [0.717, 1.165) is 16.7 Å². The fraction of sp³-hybridized carbons (Fsp3) is 0.400. The number of rotatable bonds is 19. The van der Waals surface area contributed by atoms with Crippen molar-refractivity contribution < 1.29 is 37.4 Å². The van der Waals surface area contributed by atoms with Crippen LogP contribution < -0.4 is 20.5 Å². The van der Waals surface area contributed by atoms with Crippen molar-refractivity contribution in [3.63, 3.8) is 0 Å². The first-order valence-electron chi connectivity index (χ1n) is 21.9. The largest absolute Gasteiger partial charge is 0.497 e. The Balaban J connectivity index is 1.37. The second-order valence-electron chi connectivity index (χ2n) is 17.2. The summed E-state index contributed by atoms with van der Waals surface area (Å²) in [4.78, 5) is 31.7. The number of methoxy groups -OCH3 is 2. The van der Waals surface area contributed by atoms with Crippen LogP contribution in [0.1, 0.15) is 86.3 Å². The van der Waals surface area contributed by atoms with Gasteiger partial charge in [0.15, 0.2) is 0 Å². The monoisotopic (exact) mass is 903 g/mol. The van der Waals surface area contributed by atoms with E-state index in [0.29, 0.717) is 29.0 Å². The molecule has 2 fully saturated rings. The Morgan fingerprint density at radius 1 is 0.923 bits per heavy atom. The molecule has 0 spiro atoms. The highest BCUT2D eigenvalue weighted by Crippen LogP contribution is 2.65. The maximum Gasteiger partial charge on any atom is 0.409 e. The zero-order valence-electron chi connectivity index (χ0n) is 38.2. The quantitative estimate of drug-likeness (QED) is 0.0475. The molecule has 1 amide bonds. The predicted molar refractivity (Wildman–Crippen MR) is 247 cm³/mol. The van der Waals surface area contributed by atoms with Crippen LogP contribution in [0, 0.1) is 30.1 Å². The van der Waals surface area contributed by atoms with Gasteiger partial charge in [0.05, 0.1) is 39.9 Å². The number of carbonyl (C=O) groups excluding carboxylic acids is 1. The average molecular weight is 904 g/mol. The molecule has 1 aromatic heterocycles. The third-order valence-corrected chi connectivity index (χ3v) is 14.8. The van der Waals surface area contributed by atoms with Crippen molar-refractivity contribution in [2.24, 2.45) is 11.8 Å². The van der Waals surface area contributed by atoms with Gasteiger partial charge in [-0.1, -0.05) is 79.7 Å². The highest BCUT2D eigenvalue weighted by Gasteiger charge is 2.67. The van der Waals surface area contributed by atoms with Crippen molar-refractivity contribution in [3.8, 4) is 17.6 Å². The van der Waals surface area contributed by atoms with E-state index in [-0.39, 0.29) is 43.5 Å². The molecule has 65 heavy (non-hydrogen) atoms. The molecule has 1 saturated heterocycles. The molecular formula is C50H58N5O9P. The van der Waals surface area contributed by atoms with E-state index in [2.05, 4.69) is 23.3 Å². The summed E-state index contributed by atoms with van der Waals surface area (Å²) in [5, 5.41) is 12.3. The van der Waals surface area contributed by atoms with Crippen molar-refractivity contribution in [1.82, 2.24) is 14.2 Å². The first kappa shape index (κ1) is 47.3. The number of nitrogens with zero attached hydrogens (tertiary/aromatic N) is 4. The number of benzene rings is 4. The van der Waals surface area contributed by atoms with Gasteiger partial charge in [0.1, 0.15) is 40.9 Å². The molecule has 1 aliphatic carbocycles. The molecule has 2 aliphatic rings. The maximum atomic E-state index is 15.5. The first-order chi connectivity index (χ1) is 31.2. The number of aromatic nitrogens is 2. The lowest BCUT2D eigenvalue weighted by Crippen LogP contribution is -2.48. The van der Waals surface area contributed by atoms with Crippen molar-refractivity contribution >= 4 is 19.5 Å². The van der Waals surface area contributed by atoms with Crippen LogP contribution in [-0.2, 0) is 28.7 Å². The van der Waals surface area contributed by atoms with Gasteiger partial charge in [-0.3, -0.25) is 18.4 Å². The van der Waals surface area contributed by atoms with Crippen LogP contribution in [0.4, 0.5) is 5.82 Å². The summed E-state index contributed by atoms with van der Waals surface area (Å²) < 4.78 is 57.7. The average Bonchev–Trinajstić information content (AvgIpc) is 3.74. The molecule has 5 aromatic rings. The Bertz CT molecular complexity index is 2510. The SMILES string of the molecule is COc1ccc(C(OC[C@@]23CC(C)[C@@H]([C@H](n4cc(C)c(NC(=O)c5ccccc5)nc4=O)O2)[C@@H]3OP(=O)(OCCC#N)N(C(C)C)C(C)C)(c2ccccc2)c2ccc(OC)cc2)cc1. The van der Waals surface area contributed by atoms with Gasteiger partial charge in [-0.2, -0.15) is 10.2 Å². The molecule has 342 valence electrons. The molecule has 2 bridgehead atoms. The van der Waals surface area contributed by atoms with Crippen LogP contribution in [0.5, 0.6) is 11.5 Å². The van der Waals surface area contributed by atoms with E-state index in [1.54, 1.807) is 56.3 Å². The number of amides is 1. The van der Waals surface area contributed by atoms with Gasteiger partial charge >= 0.3 is 13.4 Å². The number of nitriles is 1. The van der Waals surface area contributed by atoms with E-state index in [1.807, 2.05) is 113 Å². The Hall–Kier alpha value is -5.65. The number of nitrogens with one attached hydrogen (secondary N) is 1. The van der Waals surface area contributed by atoms with Crippen molar-refractivity contribution in [2.45, 2.75) is 90.0 Å². The molecule has 0 radical (unpaired) electrons. The number of carbonyl (C=O) groups is 1. The molecule has 7 rings (SSSR count). The second-order valence-corrected chi connectivity index (χ2v) is 19.1. The van der Waals surface area contributed by atoms with Crippen LogP contribution >= 0.6 is 7.75 Å². The summed E-state index contributed by atoms with van der Waals surface area (Å²) in [6.45, 7) is 11.2. The van der Waals surface area contributed by atoms with E-state index in [9.17, 15) is 14.9 Å². The molecule has 15 heteroatoms. The molecule has 1 aliphatic heterocycles. The molecule has 2 unspecified atom stereocenters. The fourth-order valence-electron chi connectivity index (χ4n) is 9.51. The third-order valence-electron chi connectivity index (χ3n) is 12.3. The van der Waals surface area contributed by atoms with Gasteiger partial charge in [0.2, 0.25) is 0 Å². The lowest BCUT2D eigenvalue weighted by atomic mass is 9.79. The summed E-state index contributed by atoms with van der Waals surface area (Å²) in [6.07, 6.45) is 0.104. The van der Waals surface area contributed by atoms with E-state index < -0.39 is 48.8 Å². The van der Waals surface area contributed by atoms with Crippen molar-refractivity contribution in [1.29, 1.82) is 5.26 Å². The van der Waals surface area contributed by atoms with Gasteiger partial charge < -0.3 is 24.3 Å². The van der Waals surface area contributed by atoms with Crippen LogP contribution in [0.15, 0.2) is 120 Å². The molecule has 1 saturated carbocycles. The van der Waals surface area contributed by atoms with Gasteiger partial charge in [0.25, 0.3) is 5.91 Å². The minimum absolute atomic E-state index is 0.00786. The predicted octanol–water partition coefficient (Wildman–Crippen LogP) is 9.30. The number of hydrogen-bond donors (Lipinski definition) is 1. The summed E-state index contributed by atoms with van der Waals surface area (Å²) in [5.41, 5.74) is 0.102. The zero-order chi connectivity index (χ0) is 46.5. The molecule has 2 heterocycles. The lowest BCUT2D eigenvalue weighted by molar-refractivity contribution is -0.174. The number of hydrogen-bond acceptors (Lipinski definition) is 11.